The van der Waals surface area contributed by atoms with Crippen molar-refractivity contribution in [2.45, 2.75) is 44.9 Å². The molecule has 0 N–H and O–H groups in total. The van der Waals surface area contributed by atoms with E-state index in [0.717, 1.165) is 24.1 Å². The SMILES string of the molecule is CCN1C(=O)C(C)(C)c2c1ccc(C1CC1)c2F. The molecule has 0 radical (unpaired) electrons. The van der Waals surface area contributed by atoms with Gasteiger partial charge in [0.1, 0.15) is 5.82 Å². The molecular weight excluding hydrogens is 229 g/mol. The molecule has 1 amide bonds. The highest BCUT2D eigenvalue weighted by Crippen LogP contribution is 2.48. The molecule has 2 aliphatic rings. The van der Waals surface area contributed by atoms with Gasteiger partial charge in [-0.2, -0.15) is 0 Å². The van der Waals surface area contributed by atoms with Gasteiger partial charge in [-0.05, 0) is 51.2 Å². The van der Waals surface area contributed by atoms with Crippen molar-refractivity contribution >= 4 is 11.6 Å². The Morgan fingerprint density at radius 2 is 2.06 bits per heavy atom. The van der Waals surface area contributed by atoms with Gasteiger partial charge in [-0.3, -0.25) is 4.79 Å². The molecule has 1 aliphatic carbocycles. The topological polar surface area (TPSA) is 20.3 Å². The van der Waals surface area contributed by atoms with Crippen LogP contribution in [-0.4, -0.2) is 12.5 Å². The van der Waals surface area contributed by atoms with Gasteiger partial charge in [0, 0.05) is 12.1 Å². The smallest absolute Gasteiger partial charge is 0.237 e. The van der Waals surface area contributed by atoms with Crippen LogP contribution in [0.15, 0.2) is 12.1 Å². The lowest BCUT2D eigenvalue weighted by Crippen LogP contribution is -2.36. The first-order valence-electron chi connectivity index (χ1n) is 6.63. The summed E-state index contributed by atoms with van der Waals surface area (Å²) in [6, 6.07) is 3.78. The minimum absolute atomic E-state index is 0.00634. The van der Waals surface area contributed by atoms with Crippen LogP contribution < -0.4 is 4.90 Å². The fraction of sp³-hybridized carbons (Fsp3) is 0.533. The molecule has 1 aromatic rings. The monoisotopic (exact) mass is 247 g/mol. The standard InChI is InChI=1S/C15H18FNO/c1-4-17-11-8-7-10(9-5-6-9)13(16)12(11)15(2,3)14(17)18/h7-9H,4-6H2,1-3H3. The maximum Gasteiger partial charge on any atom is 0.237 e. The second kappa shape index (κ2) is 3.56. The third kappa shape index (κ3) is 1.36. The Balaban J connectivity index is 2.22. The van der Waals surface area contributed by atoms with Crippen LogP contribution in [0.1, 0.15) is 50.7 Å². The summed E-state index contributed by atoms with van der Waals surface area (Å²) in [4.78, 5) is 14.0. The normalized spacial score (nSPS) is 21.3. The van der Waals surface area contributed by atoms with E-state index in [-0.39, 0.29) is 11.7 Å². The Morgan fingerprint density at radius 3 is 2.61 bits per heavy atom. The minimum atomic E-state index is -0.736. The summed E-state index contributed by atoms with van der Waals surface area (Å²) in [6.45, 7) is 6.17. The van der Waals surface area contributed by atoms with Crippen molar-refractivity contribution in [3.8, 4) is 0 Å². The third-order valence-corrected chi connectivity index (χ3v) is 4.18. The molecule has 1 aromatic carbocycles. The molecule has 0 spiro atoms. The molecule has 1 saturated carbocycles. The van der Waals surface area contributed by atoms with E-state index in [1.54, 1.807) is 4.90 Å². The molecule has 0 saturated heterocycles. The highest BCUT2D eigenvalue weighted by molar-refractivity contribution is 6.07. The zero-order valence-corrected chi connectivity index (χ0v) is 11.1. The number of likely N-dealkylation sites (N-methyl/N-ethyl adjacent to an activating group) is 1. The van der Waals surface area contributed by atoms with Gasteiger partial charge in [0.15, 0.2) is 0 Å². The quantitative estimate of drug-likeness (QED) is 0.784. The highest BCUT2D eigenvalue weighted by atomic mass is 19.1. The zero-order valence-electron chi connectivity index (χ0n) is 11.1. The second-order valence-electron chi connectivity index (χ2n) is 5.81. The molecule has 1 fully saturated rings. The Hall–Kier alpha value is -1.38. The van der Waals surface area contributed by atoms with Crippen molar-refractivity contribution in [3.05, 3.63) is 29.1 Å². The molecule has 96 valence electrons. The van der Waals surface area contributed by atoms with E-state index in [2.05, 4.69) is 0 Å². The number of amides is 1. The third-order valence-electron chi connectivity index (χ3n) is 4.18. The molecule has 18 heavy (non-hydrogen) atoms. The number of hydrogen-bond donors (Lipinski definition) is 0. The number of carbonyl (C=O) groups excluding carboxylic acids is 1. The Morgan fingerprint density at radius 1 is 1.39 bits per heavy atom. The molecule has 0 aromatic heterocycles. The second-order valence-corrected chi connectivity index (χ2v) is 5.81. The Kier molecular flexibility index (Phi) is 2.31. The highest BCUT2D eigenvalue weighted by Gasteiger charge is 2.46. The summed E-state index contributed by atoms with van der Waals surface area (Å²) in [6.07, 6.45) is 2.14. The lowest BCUT2D eigenvalue weighted by molar-refractivity contribution is -0.122. The van der Waals surface area contributed by atoms with Crippen molar-refractivity contribution in [3.63, 3.8) is 0 Å². The summed E-state index contributed by atoms with van der Waals surface area (Å²) < 4.78 is 14.7. The van der Waals surface area contributed by atoms with E-state index in [1.807, 2.05) is 32.9 Å². The van der Waals surface area contributed by atoms with Crippen molar-refractivity contribution in [1.82, 2.24) is 0 Å². The Labute approximate surface area is 107 Å². The van der Waals surface area contributed by atoms with E-state index in [0.29, 0.717) is 18.0 Å². The predicted molar refractivity (Wildman–Crippen MR) is 69.4 cm³/mol. The molecule has 0 unspecified atom stereocenters. The number of anilines is 1. The van der Waals surface area contributed by atoms with Gasteiger partial charge in [-0.1, -0.05) is 6.07 Å². The van der Waals surface area contributed by atoms with E-state index >= 15 is 0 Å². The van der Waals surface area contributed by atoms with E-state index < -0.39 is 5.41 Å². The maximum absolute atomic E-state index is 14.7. The minimum Gasteiger partial charge on any atom is -0.312 e. The van der Waals surface area contributed by atoms with Gasteiger partial charge in [-0.25, -0.2) is 4.39 Å². The number of carbonyl (C=O) groups is 1. The van der Waals surface area contributed by atoms with E-state index in [1.165, 1.54) is 0 Å². The van der Waals surface area contributed by atoms with Crippen LogP contribution >= 0.6 is 0 Å². The summed E-state index contributed by atoms with van der Waals surface area (Å²) in [5.74, 6) is 0.230. The summed E-state index contributed by atoms with van der Waals surface area (Å²) in [7, 11) is 0. The number of halogens is 1. The van der Waals surface area contributed by atoms with Crippen molar-refractivity contribution in [2.75, 3.05) is 11.4 Å². The van der Waals surface area contributed by atoms with Crippen LogP contribution in [0.25, 0.3) is 0 Å². The van der Waals surface area contributed by atoms with Gasteiger partial charge in [0.2, 0.25) is 5.91 Å². The summed E-state index contributed by atoms with van der Waals surface area (Å²) in [5.41, 5.74) is 1.42. The van der Waals surface area contributed by atoms with Gasteiger partial charge in [-0.15, -0.1) is 0 Å². The fourth-order valence-corrected chi connectivity index (χ4v) is 2.98. The largest absolute Gasteiger partial charge is 0.312 e. The average Bonchev–Trinajstić information content (AvgIpc) is 3.10. The summed E-state index contributed by atoms with van der Waals surface area (Å²) >= 11 is 0. The number of rotatable bonds is 2. The van der Waals surface area contributed by atoms with Gasteiger partial charge >= 0.3 is 0 Å². The van der Waals surface area contributed by atoms with Gasteiger partial charge < -0.3 is 4.90 Å². The van der Waals surface area contributed by atoms with Crippen LogP contribution in [0.4, 0.5) is 10.1 Å². The molecule has 2 nitrogen and oxygen atoms in total. The summed E-state index contributed by atoms with van der Waals surface area (Å²) in [5, 5.41) is 0. The number of fused-ring (bicyclic) bond motifs is 1. The van der Waals surface area contributed by atoms with Gasteiger partial charge in [0.25, 0.3) is 0 Å². The van der Waals surface area contributed by atoms with E-state index in [4.69, 9.17) is 0 Å². The number of hydrogen-bond acceptors (Lipinski definition) is 1. The van der Waals surface area contributed by atoms with Crippen molar-refractivity contribution in [2.24, 2.45) is 0 Å². The average molecular weight is 247 g/mol. The first-order valence-corrected chi connectivity index (χ1v) is 6.63. The van der Waals surface area contributed by atoms with Crippen LogP contribution in [0, 0.1) is 5.82 Å². The van der Waals surface area contributed by atoms with Crippen LogP contribution in [0.5, 0.6) is 0 Å². The first kappa shape index (κ1) is 11.7. The van der Waals surface area contributed by atoms with Crippen LogP contribution in [-0.2, 0) is 10.2 Å². The number of benzene rings is 1. The molecule has 1 aliphatic heterocycles. The molecule has 0 atom stereocenters. The number of nitrogens with zero attached hydrogens (tertiary/aromatic N) is 1. The molecule has 1 heterocycles. The first-order chi connectivity index (χ1) is 8.48. The van der Waals surface area contributed by atoms with Crippen LogP contribution in [0.3, 0.4) is 0 Å². The molecule has 3 heteroatoms. The predicted octanol–water partition coefficient (Wildman–Crippen LogP) is 3.35. The Bertz CT molecular complexity index is 532. The maximum atomic E-state index is 14.7. The van der Waals surface area contributed by atoms with Crippen molar-refractivity contribution < 1.29 is 9.18 Å². The van der Waals surface area contributed by atoms with E-state index in [9.17, 15) is 9.18 Å². The molecule has 3 rings (SSSR count). The lowest BCUT2D eigenvalue weighted by Gasteiger charge is -2.18. The van der Waals surface area contributed by atoms with Gasteiger partial charge in [0.05, 0.1) is 11.1 Å². The molecule has 0 bridgehead atoms. The lowest BCUT2D eigenvalue weighted by atomic mass is 9.84. The van der Waals surface area contributed by atoms with Crippen molar-refractivity contribution in [1.29, 1.82) is 0 Å². The van der Waals surface area contributed by atoms with Crippen LogP contribution in [0.2, 0.25) is 0 Å². The zero-order chi connectivity index (χ0) is 13.1. The fourth-order valence-electron chi connectivity index (χ4n) is 2.98. The molecular formula is C15H18FNO.